The van der Waals surface area contributed by atoms with Crippen molar-refractivity contribution in [1.29, 1.82) is 0 Å². The molecule has 2 aromatic carbocycles. The lowest BCUT2D eigenvalue weighted by atomic mass is 10.1. The lowest BCUT2D eigenvalue weighted by Crippen LogP contribution is -2.18. The largest absolute Gasteiger partial charge is 0.463 e. The van der Waals surface area contributed by atoms with Crippen molar-refractivity contribution in [3.05, 3.63) is 90.5 Å². The SMILES string of the molecule is O=C(CCCCC(=O)OCC(c1ccccc1)n1ccnc1)OCc1ccccc1. The molecule has 0 saturated heterocycles. The maximum Gasteiger partial charge on any atom is 0.306 e. The van der Waals surface area contributed by atoms with Crippen molar-refractivity contribution in [2.45, 2.75) is 38.3 Å². The van der Waals surface area contributed by atoms with Gasteiger partial charge in [0.15, 0.2) is 0 Å². The van der Waals surface area contributed by atoms with E-state index in [-0.39, 0.29) is 37.6 Å². The third-order valence-corrected chi connectivity index (χ3v) is 4.73. The fourth-order valence-electron chi connectivity index (χ4n) is 3.08. The van der Waals surface area contributed by atoms with Crippen LogP contribution in [0, 0.1) is 0 Å². The number of benzene rings is 2. The van der Waals surface area contributed by atoms with Gasteiger partial charge in [0.25, 0.3) is 0 Å². The molecule has 6 heteroatoms. The molecule has 6 nitrogen and oxygen atoms in total. The van der Waals surface area contributed by atoms with Crippen LogP contribution < -0.4 is 0 Å². The molecule has 0 aliphatic carbocycles. The summed E-state index contributed by atoms with van der Waals surface area (Å²) >= 11 is 0. The molecule has 1 unspecified atom stereocenters. The van der Waals surface area contributed by atoms with Crippen molar-refractivity contribution in [1.82, 2.24) is 9.55 Å². The van der Waals surface area contributed by atoms with Gasteiger partial charge in [0, 0.05) is 25.2 Å². The van der Waals surface area contributed by atoms with Crippen LogP contribution in [0.5, 0.6) is 0 Å². The van der Waals surface area contributed by atoms with E-state index in [4.69, 9.17) is 9.47 Å². The number of hydrogen-bond acceptors (Lipinski definition) is 5. The summed E-state index contributed by atoms with van der Waals surface area (Å²) in [5, 5.41) is 0. The molecule has 30 heavy (non-hydrogen) atoms. The maximum absolute atomic E-state index is 12.1. The first kappa shape index (κ1) is 21.3. The molecule has 1 heterocycles. The average molecular weight is 406 g/mol. The van der Waals surface area contributed by atoms with E-state index in [0.717, 1.165) is 11.1 Å². The molecule has 0 radical (unpaired) electrons. The minimum absolute atomic E-state index is 0.120. The minimum atomic E-state index is -0.270. The van der Waals surface area contributed by atoms with Gasteiger partial charge >= 0.3 is 11.9 Å². The summed E-state index contributed by atoms with van der Waals surface area (Å²) in [6.07, 6.45) is 7.01. The smallest absolute Gasteiger partial charge is 0.306 e. The number of nitrogens with zero attached hydrogens (tertiary/aromatic N) is 2. The van der Waals surface area contributed by atoms with Crippen molar-refractivity contribution in [3.8, 4) is 0 Å². The fourth-order valence-corrected chi connectivity index (χ4v) is 3.08. The Labute approximate surface area is 176 Å². The molecule has 1 aromatic heterocycles. The molecule has 0 bridgehead atoms. The average Bonchev–Trinajstić information content (AvgIpc) is 3.31. The van der Waals surface area contributed by atoms with Crippen LogP contribution in [0.4, 0.5) is 0 Å². The highest BCUT2D eigenvalue weighted by atomic mass is 16.5. The summed E-state index contributed by atoms with van der Waals surface area (Å²) in [4.78, 5) is 28.0. The first-order valence-corrected chi connectivity index (χ1v) is 10.1. The Kier molecular flexibility index (Phi) is 8.21. The van der Waals surface area contributed by atoms with Gasteiger partial charge in [0.2, 0.25) is 0 Å². The van der Waals surface area contributed by atoms with Crippen molar-refractivity contribution >= 4 is 11.9 Å². The number of ether oxygens (including phenoxy) is 2. The van der Waals surface area contributed by atoms with Crippen LogP contribution in [0.3, 0.4) is 0 Å². The zero-order valence-corrected chi connectivity index (χ0v) is 16.9. The van der Waals surface area contributed by atoms with E-state index in [0.29, 0.717) is 19.3 Å². The van der Waals surface area contributed by atoms with E-state index in [2.05, 4.69) is 4.98 Å². The van der Waals surface area contributed by atoms with Crippen molar-refractivity contribution in [2.75, 3.05) is 6.61 Å². The molecule has 1 atom stereocenters. The number of carbonyl (C=O) groups excluding carboxylic acids is 2. The zero-order valence-electron chi connectivity index (χ0n) is 16.9. The maximum atomic E-state index is 12.1. The predicted octanol–water partition coefficient (Wildman–Crippen LogP) is 4.32. The summed E-state index contributed by atoms with van der Waals surface area (Å²) in [5.74, 6) is -0.523. The predicted molar refractivity (Wildman–Crippen MR) is 112 cm³/mol. The number of unbranched alkanes of at least 4 members (excludes halogenated alkanes) is 1. The van der Waals surface area contributed by atoms with Gasteiger partial charge in [-0.3, -0.25) is 9.59 Å². The quantitative estimate of drug-likeness (QED) is 0.350. The van der Waals surface area contributed by atoms with E-state index in [1.165, 1.54) is 0 Å². The highest BCUT2D eigenvalue weighted by Crippen LogP contribution is 2.18. The third kappa shape index (κ3) is 6.88. The highest BCUT2D eigenvalue weighted by Gasteiger charge is 2.16. The summed E-state index contributed by atoms with van der Waals surface area (Å²) in [7, 11) is 0. The molecule has 0 N–H and O–H groups in total. The summed E-state index contributed by atoms with van der Waals surface area (Å²) in [6, 6.07) is 19.3. The molecule has 3 aromatic rings. The Balaban J connectivity index is 1.35. The molecule has 0 amide bonds. The first-order chi connectivity index (χ1) is 14.7. The summed E-state index contributed by atoms with van der Waals surface area (Å²) in [6.45, 7) is 0.509. The zero-order chi connectivity index (χ0) is 21.0. The Bertz CT molecular complexity index is 895. The van der Waals surface area contributed by atoms with Gasteiger partial charge in [0.1, 0.15) is 13.2 Å². The monoisotopic (exact) mass is 406 g/mol. The molecule has 3 rings (SSSR count). The van der Waals surface area contributed by atoms with Gasteiger partial charge in [0.05, 0.1) is 12.4 Å². The summed E-state index contributed by atoms with van der Waals surface area (Å²) < 4.78 is 12.7. The van der Waals surface area contributed by atoms with Crippen LogP contribution >= 0.6 is 0 Å². The molecule has 0 fully saturated rings. The number of esters is 2. The van der Waals surface area contributed by atoms with Crippen molar-refractivity contribution in [2.24, 2.45) is 0 Å². The van der Waals surface area contributed by atoms with E-state index in [1.54, 1.807) is 12.5 Å². The second kappa shape index (κ2) is 11.6. The van der Waals surface area contributed by atoms with E-state index < -0.39 is 0 Å². The van der Waals surface area contributed by atoms with Crippen LogP contribution in [0.15, 0.2) is 79.4 Å². The van der Waals surface area contributed by atoms with Gasteiger partial charge in [-0.15, -0.1) is 0 Å². The molecular weight excluding hydrogens is 380 g/mol. The number of carbonyl (C=O) groups is 2. The van der Waals surface area contributed by atoms with Gasteiger partial charge in [-0.25, -0.2) is 4.98 Å². The van der Waals surface area contributed by atoms with Crippen LogP contribution in [-0.4, -0.2) is 28.1 Å². The van der Waals surface area contributed by atoms with Gasteiger partial charge in [-0.2, -0.15) is 0 Å². The highest BCUT2D eigenvalue weighted by molar-refractivity contribution is 5.70. The Hall–Kier alpha value is -3.41. The lowest BCUT2D eigenvalue weighted by Gasteiger charge is -2.19. The van der Waals surface area contributed by atoms with E-state index in [1.807, 2.05) is 71.4 Å². The normalized spacial score (nSPS) is 11.6. The van der Waals surface area contributed by atoms with Gasteiger partial charge in [-0.05, 0) is 24.0 Å². The van der Waals surface area contributed by atoms with Crippen molar-refractivity contribution < 1.29 is 19.1 Å². The summed E-state index contributed by atoms with van der Waals surface area (Å²) in [5.41, 5.74) is 2.00. The molecule has 0 aliphatic rings. The Morgan fingerprint density at radius 3 is 2.13 bits per heavy atom. The van der Waals surface area contributed by atoms with Crippen LogP contribution in [0.2, 0.25) is 0 Å². The lowest BCUT2D eigenvalue weighted by molar-refractivity contribution is -0.147. The van der Waals surface area contributed by atoms with Crippen LogP contribution in [0.1, 0.15) is 42.9 Å². The molecule has 0 spiro atoms. The van der Waals surface area contributed by atoms with Crippen LogP contribution in [-0.2, 0) is 25.7 Å². The number of hydrogen-bond donors (Lipinski definition) is 0. The van der Waals surface area contributed by atoms with Crippen LogP contribution in [0.25, 0.3) is 0 Å². The fraction of sp³-hybridized carbons (Fsp3) is 0.292. The topological polar surface area (TPSA) is 70.4 Å². The Morgan fingerprint density at radius 2 is 1.50 bits per heavy atom. The second-order valence-electron chi connectivity index (χ2n) is 6.97. The molecule has 156 valence electrons. The molecule has 0 saturated carbocycles. The minimum Gasteiger partial charge on any atom is -0.463 e. The van der Waals surface area contributed by atoms with Crippen molar-refractivity contribution in [3.63, 3.8) is 0 Å². The van der Waals surface area contributed by atoms with Gasteiger partial charge in [-0.1, -0.05) is 60.7 Å². The standard InChI is InChI=1S/C24H26N2O4/c27-23(29-17-20-9-3-1-4-10-20)13-7-8-14-24(28)30-18-22(26-16-15-25-19-26)21-11-5-2-6-12-21/h1-6,9-12,15-16,19,22H,7-8,13-14,17-18H2. The second-order valence-corrected chi connectivity index (χ2v) is 6.97. The number of imidazole rings is 1. The Morgan fingerprint density at radius 1 is 0.867 bits per heavy atom. The molecule has 0 aliphatic heterocycles. The van der Waals surface area contributed by atoms with Gasteiger partial charge < -0.3 is 14.0 Å². The van der Waals surface area contributed by atoms with E-state index >= 15 is 0 Å². The van der Waals surface area contributed by atoms with E-state index in [9.17, 15) is 9.59 Å². The third-order valence-electron chi connectivity index (χ3n) is 4.73. The number of aromatic nitrogens is 2. The first-order valence-electron chi connectivity index (χ1n) is 10.1. The molecular formula is C24H26N2O4. The number of rotatable bonds is 11.